The molecule has 1 aromatic heterocycles. The topological polar surface area (TPSA) is 61.3 Å². The van der Waals surface area contributed by atoms with Gasteiger partial charge in [0.1, 0.15) is 5.75 Å². The lowest BCUT2D eigenvalue weighted by Crippen LogP contribution is -1.96. The molecule has 19 heavy (non-hydrogen) atoms. The molecule has 3 rings (SSSR count). The summed E-state index contributed by atoms with van der Waals surface area (Å²) < 4.78 is 10.4. The molecule has 0 unspecified atom stereocenters. The van der Waals surface area contributed by atoms with E-state index in [2.05, 4.69) is 17.3 Å². The Morgan fingerprint density at radius 3 is 2.68 bits per heavy atom. The van der Waals surface area contributed by atoms with E-state index in [1.54, 1.807) is 13.3 Å². The molecular weight excluding hydrogens is 240 g/mol. The highest BCUT2D eigenvalue weighted by molar-refractivity contribution is 5.77. The highest BCUT2D eigenvalue weighted by atomic mass is 16.5. The Kier molecular flexibility index (Phi) is 3.15. The van der Waals surface area contributed by atoms with Gasteiger partial charge in [0.2, 0.25) is 5.88 Å². The molecule has 0 aliphatic heterocycles. The molecule has 4 heteroatoms. The first-order chi connectivity index (χ1) is 9.29. The Labute approximate surface area is 112 Å². The molecule has 4 nitrogen and oxygen atoms in total. The van der Waals surface area contributed by atoms with Crippen molar-refractivity contribution in [3.63, 3.8) is 0 Å². The Bertz CT molecular complexity index is 571. The van der Waals surface area contributed by atoms with E-state index in [0.29, 0.717) is 11.8 Å². The number of hydrogen-bond donors (Lipinski definition) is 1. The minimum atomic E-state index is 0.335. The van der Waals surface area contributed by atoms with Gasteiger partial charge < -0.3 is 15.0 Å². The van der Waals surface area contributed by atoms with E-state index in [1.165, 1.54) is 31.2 Å². The molecule has 1 aromatic carbocycles. The third-order valence-electron chi connectivity index (χ3n) is 3.94. The number of nitrogens with zero attached hydrogens (tertiary/aromatic N) is 1. The van der Waals surface area contributed by atoms with Gasteiger partial charge in [-0.25, -0.2) is 0 Å². The quantitative estimate of drug-likeness (QED) is 0.913. The number of aromatic nitrogens is 1. The van der Waals surface area contributed by atoms with Crippen molar-refractivity contribution in [2.24, 2.45) is 0 Å². The van der Waals surface area contributed by atoms with Gasteiger partial charge in [0.25, 0.3) is 0 Å². The van der Waals surface area contributed by atoms with Crippen LogP contribution in [-0.2, 0) is 0 Å². The number of anilines is 1. The van der Waals surface area contributed by atoms with Crippen molar-refractivity contribution in [1.82, 2.24) is 5.16 Å². The Balaban J connectivity index is 2.05. The summed E-state index contributed by atoms with van der Waals surface area (Å²) in [7, 11) is 1.66. The van der Waals surface area contributed by atoms with Gasteiger partial charge in [0.05, 0.1) is 18.9 Å². The monoisotopic (exact) mass is 258 g/mol. The summed E-state index contributed by atoms with van der Waals surface area (Å²) in [6.07, 6.45) is 6.82. The lowest BCUT2D eigenvalue weighted by atomic mass is 9.94. The van der Waals surface area contributed by atoms with Crippen LogP contribution in [0.2, 0.25) is 0 Å². The molecule has 100 valence electrons. The molecule has 1 fully saturated rings. The maximum Gasteiger partial charge on any atom is 0.230 e. The first kappa shape index (κ1) is 12.1. The minimum absolute atomic E-state index is 0.335. The van der Waals surface area contributed by atoms with Crippen molar-refractivity contribution in [2.45, 2.75) is 31.6 Å². The first-order valence-corrected chi connectivity index (χ1v) is 6.68. The number of rotatable bonds is 3. The predicted octanol–water partition coefficient (Wildman–Crippen LogP) is 3.59. The summed E-state index contributed by atoms with van der Waals surface area (Å²) in [6.45, 7) is 0. The molecule has 2 N–H and O–H groups in total. The van der Waals surface area contributed by atoms with E-state index in [1.807, 2.05) is 6.07 Å². The van der Waals surface area contributed by atoms with Gasteiger partial charge in [-0.3, -0.25) is 0 Å². The van der Waals surface area contributed by atoms with Crippen LogP contribution in [0.1, 0.15) is 37.2 Å². The van der Waals surface area contributed by atoms with E-state index in [-0.39, 0.29) is 0 Å². The largest absolute Gasteiger partial charge is 0.496 e. The molecular formula is C15H18N2O2. The van der Waals surface area contributed by atoms with Gasteiger partial charge in [-0.05, 0) is 36.5 Å². The standard InChI is InChI=1S/C15H18N2O2/c1-18-14-7-6-11(10-4-2-3-5-10)8-12(14)13-9-17-19-15(13)16/h6-10H,2-5,16H2,1H3. The van der Waals surface area contributed by atoms with Crippen LogP contribution in [0.25, 0.3) is 11.1 Å². The highest BCUT2D eigenvalue weighted by Crippen LogP contribution is 2.40. The second kappa shape index (κ2) is 4.96. The van der Waals surface area contributed by atoms with E-state index < -0.39 is 0 Å². The SMILES string of the molecule is COc1ccc(C2CCCC2)cc1-c1cnoc1N. The lowest BCUT2D eigenvalue weighted by molar-refractivity contribution is 0.416. The van der Waals surface area contributed by atoms with Gasteiger partial charge in [-0.1, -0.05) is 24.1 Å². The Morgan fingerprint density at radius 2 is 2.05 bits per heavy atom. The van der Waals surface area contributed by atoms with Crippen molar-refractivity contribution >= 4 is 5.88 Å². The summed E-state index contributed by atoms with van der Waals surface area (Å²) in [5.74, 6) is 1.80. The van der Waals surface area contributed by atoms with Crippen LogP contribution in [0.4, 0.5) is 5.88 Å². The van der Waals surface area contributed by atoms with Crippen LogP contribution >= 0.6 is 0 Å². The van der Waals surface area contributed by atoms with E-state index >= 15 is 0 Å². The summed E-state index contributed by atoms with van der Waals surface area (Å²) in [6, 6.07) is 6.33. The molecule has 1 aliphatic carbocycles. The fourth-order valence-electron chi connectivity index (χ4n) is 2.90. The zero-order valence-corrected chi connectivity index (χ0v) is 11.1. The summed E-state index contributed by atoms with van der Waals surface area (Å²) in [5, 5.41) is 3.75. The zero-order valence-electron chi connectivity index (χ0n) is 11.1. The van der Waals surface area contributed by atoms with Gasteiger partial charge in [-0.2, -0.15) is 0 Å². The number of nitrogen functional groups attached to an aromatic ring is 1. The zero-order chi connectivity index (χ0) is 13.2. The molecule has 2 aromatic rings. The maximum absolute atomic E-state index is 5.81. The van der Waals surface area contributed by atoms with E-state index in [4.69, 9.17) is 15.0 Å². The van der Waals surface area contributed by atoms with Crippen molar-refractivity contribution in [1.29, 1.82) is 0 Å². The average Bonchev–Trinajstić information content (AvgIpc) is 3.09. The van der Waals surface area contributed by atoms with Crippen molar-refractivity contribution in [3.05, 3.63) is 30.0 Å². The van der Waals surface area contributed by atoms with Crippen LogP contribution in [0.15, 0.2) is 28.9 Å². The summed E-state index contributed by atoms with van der Waals surface area (Å²) >= 11 is 0. The third-order valence-corrected chi connectivity index (χ3v) is 3.94. The number of benzene rings is 1. The lowest BCUT2D eigenvalue weighted by Gasteiger charge is -2.13. The predicted molar refractivity (Wildman–Crippen MR) is 74.1 cm³/mol. The van der Waals surface area contributed by atoms with Crippen molar-refractivity contribution in [3.8, 4) is 16.9 Å². The summed E-state index contributed by atoms with van der Waals surface area (Å²) in [4.78, 5) is 0. The molecule has 0 bridgehead atoms. The van der Waals surface area contributed by atoms with E-state index in [0.717, 1.165) is 16.9 Å². The van der Waals surface area contributed by atoms with Crippen LogP contribution < -0.4 is 10.5 Å². The maximum atomic E-state index is 5.81. The average molecular weight is 258 g/mol. The normalized spacial score (nSPS) is 15.8. The molecule has 1 aliphatic rings. The second-order valence-corrected chi connectivity index (χ2v) is 5.04. The van der Waals surface area contributed by atoms with Gasteiger partial charge >= 0.3 is 0 Å². The number of ether oxygens (including phenoxy) is 1. The highest BCUT2D eigenvalue weighted by Gasteiger charge is 2.20. The van der Waals surface area contributed by atoms with Crippen LogP contribution in [0.5, 0.6) is 5.75 Å². The fourth-order valence-corrected chi connectivity index (χ4v) is 2.90. The van der Waals surface area contributed by atoms with Crippen LogP contribution in [0, 0.1) is 0 Å². The van der Waals surface area contributed by atoms with Gasteiger partial charge in [-0.15, -0.1) is 0 Å². The molecule has 1 heterocycles. The molecule has 0 saturated heterocycles. The van der Waals surface area contributed by atoms with E-state index in [9.17, 15) is 0 Å². The van der Waals surface area contributed by atoms with Crippen molar-refractivity contribution in [2.75, 3.05) is 12.8 Å². The molecule has 0 radical (unpaired) electrons. The smallest absolute Gasteiger partial charge is 0.230 e. The molecule has 0 spiro atoms. The van der Waals surface area contributed by atoms with Crippen LogP contribution in [-0.4, -0.2) is 12.3 Å². The van der Waals surface area contributed by atoms with Crippen molar-refractivity contribution < 1.29 is 9.26 Å². The number of nitrogens with two attached hydrogens (primary N) is 1. The van der Waals surface area contributed by atoms with Gasteiger partial charge in [0.15, 0.2) is 0 Å². The first-order valence-electron chi connectivity index (χ1n) is 6.68. The number of hydrogen-bond acceptors (Lipinski definition) is 4. The second-order valence-electron chi connectivity index (χ2n) is 5.04. The molecule has 1 saturated carbocycles. The van der Waals surface area contributed by atoms with Crippen LogP contribution in [0.3, 0.4) is 0 Å². The summed E-state index contributed by atoms with van der Waals surface area (Å²) in [5.41, 5.74) is 8.94. The van der Waals surface area contributed by atoms with Gasteiger partial charge in [0, 0.05) is 5.56 Å². The number of methoxy groups -OCH3 is 1. The fraction of sp³-hybridized carbons (Fsp3) is 0.400. The Morgan fingerprint density at radius 1 is 1.26 bits per heavy atom. The minimum Gasteiger partial charge on any atom is -0.496 e. The Hall–Kier alpha value is -1.97. The third kappa shape index (κ3) is 2.18. The molecule has 0 atom stereocenters. The molecule has 0 amide bonds.